The van der Waals surface area contributed by atoms with E-state index >= 15 is 0 Å². The fourth-order valence-corrected chi connectivity index (χ4v) is 9.93. The molecule has 0 fully saturated rings. The Morgan fingerprint density at radius 3 is 0.704 bits per heavy atom. The van der Waals surface area contributed by atoms with Gasteiger partial charge in [-0.3, -0.25) is 14.4 Å². The molecule has 0 aliphatic carbocycles. The van der Waals surface area contributed by atoms with Crippen LogP contribution in [0.1, 0.15) is 342 Å². The van der Waals surface area contributed by atoms with Crippen molar-refractivity contribution in [1.29, 1.82) is 0 Å². The van der Waals surface area contributed by atoms with Gasteiger partial charge in [0, 0.05) is 19.3 Å². The standard InChI is InChI=1S/C65H120O6/c1-4-7-10-13-16-19-22-25-28-30-32-34-37-39-42-45-48-51-54-57-60(66)63(69)65(71,62(68)59-56-53-50-47-44-41-36-27-24-21-18-15-12-9-6-3)64(70)61(67)58-55-52-49-46-43-40-38-35-33-31-29-26-23-20-17-14-11-8-5-2/h25-29,36,63-64,69-71H,4-24,30-35,37-59H2,1-3H3. The second-order valence-corrected chi connectivity index (χ2v) is 21.8. The Balaban J connectivity index is 4.71. The van der Waals surface area contributed by atoms with Crippen molar-refractivity contribution in [2.24, 2.45) is 0 Å². The van der Waals surface area contributed by atoms with Gasteiger partial charge in [0.1, 0.15) is 0 Å². The molecule has 0 radical (unpaired) electrons. The minimum absolute atomic E-state index is 0.00774. The van der Waals surface area contributed by atoms with Gasteiger partial charge in [-0.1, -0.05) is 263 Å². The van der Waals surface area contributed by atoms with E-state index in [2.05, 4.69) is 57.2 Å². The van der Waals surface area contributed by atoms with Gasteiger partial charge in [-0.05, 0) is 96.3 Å². The number of aliphatic hydroxyl groups is 3. The molecule has 0 bridgehead atoms. The van der Waals surface area contributed by atoms with Crippen LogP contribution in [-0.4, -0.2) is 50.5 Å². The first kappa shape index (κ1) is 69.1. The number of unbranched alkanes of at least 4 members (excludes halogenated alkanes) is 41. The summed E-state index contributed by atoms with van der Waals surface area (Å²) in [7, 11) is 0. The normalized spacial score (nSPS) is 13.8. The predicted molar refractivity (Wildman–Crippen MR) is 307 cm³/mol. The van der Waals surface area contributed by atoms with Crippen LogP contribution in [0.4, 0.5) is 0 Å². The highest BCUT2D eigenvalue weighted by molar-refractivity contribution is 6.01. The molecule has 0 heterocycles. The number of hydrogen-bond acceptors (Lipinski definition) is 6. The van der Waals surface area contributed by atoms with Crippen LogP contribution in [-0.2, 0) is 14.4 Å². The molecule has 0 saturated carbocycles. The second-order valence-electron chi connectivity index (χ2n) is 21.8. The molecule has 0 aromatic carbocycles. The molecule has 0 aliphatic rings. The van der Waals surface area contributed by atoms with E-state index < -0.39 is 35.2 Å². The third-order valence-electron chi connectivity index (χ3n) is 14.9. The highest BCUT2D eigenvalue weighted by atomic mass is 16.4. The SMILES string of the molecule is CCCCCCCCC=CCCCCCCCCCCCC(=O)C(O)C(O)(C(=O)CCCCCCCC=CCCCCCCCC)C(O)C(=O)CCCCCCCCCCCC=CCCCCCCCC. The summed E-state index contributed by atoms with van der Waals surface area (Å²) in [5.41, 5.74) is -2.82. The number of ketones is 3. The van der Waals surface area contributed by atoms with Gasteiger partial charge in [0.2, 0.25) is 0 Å². The molecular formula is C65H120O6. The summed E-state index contributed by atoms with van der Waals surface area (Å²) in [6.45, 7) is 6.78. The van der Waals surface area contributed by atoms with Crippen LogP contribution >= 0.6 is 0 Å². The number of allylic oxidation sites excluding steroid dienone is 6. The fraction of sp³-hybridized carbons (Fsp3) is 0.862. The lowest BCUT2D eigenvalue weighted by Crippen LogP contribution is -2.63. The van der Waals surface area contributed by atoms with Gasteiger partial charge in [0.15, 0.2) is 35.2 Å². The number of hydrogen-bond donors (Lipinski definition) is 3. The highest BCUT2D eigenvalue weighted by Gasteiger charge is 2.53. The Labute approximate surface area is 441 Å². The number of rotatable bonds is 58. The fourth-order valence-electron chi connectivity index (χ4n) is 9.93. The smallest absolute Gasteiger partial charge is 0.189 e. The molecule has 0 spiro atoms. The van der Waals surface area contributed by atoms with Crippen molar-refractivity contribution in [3.63, 3.8) is 0 Å². The van der Waals surface area contributed by atoms with E-state index in [1.54, 1.807) is 0 Å². The zero-order valence-corrected chi connectivity index (χ0v) is 47.5. The van der Waals surface area contributed by atoms with Crippen molar-refractivity contribution in [1.82, 2.24) is 0 Å². The zero-order valence-electron chi connectivity index (χ0n) is 47.5. The Kier molecular flexibility index (Phi) is 52.9. The van der Waals surface area contributed by atoms with E-state index in [-0.39, 0.29) is 19.3 Å². The first-order valence-corrected chi connectivity index (χ1v) is 31.4. The van der Waals surface area contributed by atoms with Crippen molar-refractivity contribution in [2.45, 2.75) is 360 Å². The maximum Gasteiger partial charge on any atom is 0.189 e. The van der Waals surface area contributed by atoms with Crippen LogP contribution in [0.15, 0.2) is 36.5 Å². The maximum atomic E-state index is 13.7. The van der Waals surface area contributed by atoms with Gasteiger partial charge >= 0.3 is 0 Å². The Morgan fingerprint density at radius 2 is 0.479 bits per heavy atom. The molecule has 416 valence electrons. The van der Waals surface area contributed by atoms with E-state index in [0.717, 1.165) is 77.0 Å². The molecule has 0 aromatic rings. The van der Waals surface area contributed by atoms with E-state index in [4.69, 9.17) is 0 Å². The van der Waals surface area contributed by atoms with Crippen LogP contribution in [0.25, 0.3) is 0 Å². The number of carbonyl (C=O) groups excluding carboxylic acids is 3. The third-order valence-corrected chi connectivity index (χ3v) is 14.9. The monoisotopic (exact) mass is 997 g/mol. The summed E-state index contributed by atoms with van der Waals surface area (Å²) in [5.74, 6) is -2.14. The number of carbonyl (C=O) groups is 3. The summed E-state index contributed by atoms with van der Waals surface area (Å²) >= 11 is 0. The van der Waals surface area contributed by atoms with Crippen molar-refractivity contribution < 1.29 is 29.7 Å². The zero-order chi connectivity index (χ0) is 52.0. The first-order chi connectivity index (χ1) is 34.8. The van der Waals surface area contributed by atoms with Gasteiger partial charge in [-0.2, -0.15) is 0 Å². The maximum absolute atomic E-state index is 13.7. The van der Waals surface area contributed by atoms with E-state index in [1.165, 1.54) is 205 Å². The van der Waals surface area contributed by atoms with Crippen LogP contribution in [0.3, 0.4) is 0 Å². The lowest BCUT2D eigenvalue weighted by atomic mass is 9.78. The van der Waals surface area contributed by atoms with Crippen LogP contribution in [0.2, 0.25) is 0 Å². The molecule has 71 heavy (non-hydrogen) atoms. The molecule has 3 N–H and O–H groups in total. The topological polar surface area (TPSA) is 112 Å². The van der Waals surface area contributed by atoms with E-state index in [9.17, 15) is 29.7 Å². The van der Waals surface area contributed by atoms with Gasteiger partial charge < -0.3 is 15.3 Å². The second kappa shape index (κ2) is 54.4. The lowest BCUT2D eigenvalue weighted by molar-refractivity contribution is -0.181. The van der Waals surface area contributed by atoms with Crippen molar-refractivity contribution in [3.8, 4) is 0 Å². The molecule has 2 unspecified atom stereocenters. The highest BCUT2D eigenvalue weighted by Crippen LogP contribution is 2.26. The molecule has 0 saturated heterocycles. The Morgan fingerprint density at radius 1 is 0.296 bits per heavy atom. The minimum atomic E-state index is -2.82. The summed E-state index contributed by atoms with van der Waals surface area (Å²) in [4.78, 5) is 40.4. The number of Topliss-reactive ketones (excluding diaryl/α,β-unsaturated/α-hetero) is 3. The molecule has 6 heteroatoms. The Hall–Kier alpha value is -1.89. The molecule has 6 nitrogen and oxygen atoms in total. The average molecular weight is 998 g/mol. The Bertz CT molecular complexity index is 1190. The van der Waals surface area contributed by atoms with E-state index in [1.807, 2.05) is 0 Å². The molecule has 2 atom stereocenters. The van der Waals surface area contributed by atoms with Gasteiger partial charge in [0.25, 0.3) is 0 Å². The summed E-state index contributed by atoms with van der Waals surface area (Å²) < 4.78 is 0. The molecule has 0 aromatic heterocycles. The summed E-state index contributed by atoms with van der Waals surface area (Å²) in [5, 5.41) is 34.4. The first-order valence-electron chi connectivity index (χ1n) is 31.4. The summed E-state index contributed by atoms with van der Waals surface area (Å²) in [6, 6.07) is 0. The van der Waals surface area contributed by atoms with E-state index in [0.29, 0.717) is 19.3 Å². The third kappa shape index (κ3) is 43.1. The minimum Gasteiger partial charge on any atom is -0.382 e. The lowest BCUT2D eigenvalue weighted by Gasteiger charge is -2.34. The molecule has 0 rings (SSSR count). The average Bonchev–Trinajstić information content (AvgIpc) is 3.37. The van der Waals surface area contributed by atoms with Gasteiger partial charge in [-0.15, -0.1) is 0 Å². The molecular weight excluding hydrogens is 877 g/mol. The van der Waals surface area contributed by atoms with Gasteiger partial charge in [-0.25, -0.2) is 0 Å². The quantitative estimate of drug-likeness (QED) is 0.0413. The largest absolute Gasteiger partial charge is 0.382 e. The van der Waals surface area contributed by atoms with Crippen molar-refractivity contribution in [2.75, 3.05) is 0 Å². The van der Waals surface area contributed by atoms with Crippen molar-refractivity contribution >= 4 is 17.3 Å². The number of aliphatic hydroxyl groups excluding tert-OH is 2. The van der Waals surface area contributed by atoms with Crippen molar-refractivity contribution in [3.05, 3.63) is 36.5 Å². The van der Waals surface area contributed by atoms with Crippen LogP contribution in [0.5, 0.6) is 0 Å². The summed E-state index contributed by atoms with van der Waals surface area (Å²) in [6.07, 6.45) is 64.3. The van der Waals surface area contributed by atoms with Gasteiger partial charge in [0.05, 0.1) is 0 Å². The predicted octanol–water partition coefficient (Wildman–Crippen LogP) is 19.4. The molecule has 0 aliphatic heterocycles. The van der Waals surface area contributed by atoms with Crippen LogP contribution < -0.4 is 0 Å². The van der Waals surface area contributed by atoms with Crippen LogP contribution in [0, 0.1) is 0 Å². The molecule has 0 amide bonds.